The van der Waals surface area contributed by atoms with Crippen LogP contribution in [0.15, 0.2) is 68.6 Å². The minimum Gasteiger partial charge on any atom is -0.370 e. The average molecular weight is 793 g/mol. The highest BCUT2D eigenvalue weighted by Gasteiger charge is 2.35. The van der Waals surface area contributed by atoms with Crippen molar-refractivity contribution in [3.8, 4) is 11.4 Å². The number of hydrogen-bond acceptors (Lipinski definition) is 8. The van der Waals surface area contributed by atoms with Crippen molar-refractivity contribution in [3.05, 3.63) is 81.4 Å². The molecule has 2 amide bonds. The van der Waals surface area contributed by atoms with Crippen molar-refractivity contribution >= 4 is 66.8 Å². The smallest absolute Gasteiger partial charge is 0.283 e. The molecule has 2 fully saturated rings. The Morgan fingerprint density at radius 1 is 0.731 bits per heavy atom. The van der Waals surface area contributed by atoms with Crippen LogP contribution in [0.2, 0.25) is 10.0 Å². The minimum absolute atomic E-state index is 0.0706. The number of nitrogens with two attached hydrogens (primary N) is 4. The fourth-order valence-corrected chi connectivity index (χ4v) is 7.15. The summed E-state index contributed by atoms with van der Waals surface area (Å²) in [5, 5.41) is 9.10. The van der Waals surface area contributed by atoms with Gasteiger partial charge in [0.05, 0.1) is 66.1 Å². The molecule has 52 heavy (non-hydrogen) atoms. The quantitative estimate of drug-likeness (QED) is 0.140. The molecule has 0 unspecified atom stereocenters. The van der Waals surface area contributed by atoms with Gasteiger partial charge in [0.1, 0.15) is 0 Å². The maximum absolute atomic E-state index is 12.4. The van der Waals surface area contributed by atoms with Crippen LogP contribution in [-0.2, 0) is 19.9 Å². The number of amides is 2. The lowest BCUT2D eigenvalue weighted by Gasteiger charge is -2.14. The van der Waals surface area contributed by atoms with E-state index in [-0.39, 0.29) is 44.7 Å². The number of nitrogens with zero attached hydrogens (tertiary/aromatic N) is 7. The lowest BCUT2D eigenvalue weighted by molar-refractivity contribution is 0.0993. The number of aromatic nitrogens is 4. The van der Waals surface area contributed by atoms with Crippen molar-refractivity contribution in [2.75, 3.05) is 20.4 Å². The van der Waals surface area contributed by atoms with E-state index in [2.05, 4.69) is 20.2 Å². The zero-order chi connectivity index (χ0) is 38.3. The third-order valence-corrected chi connectivity index (χ3v) is 11.5. The van der Waals surface area contributed by atoms with Crippen LogP contribution in [0, 0.1) is 0 Å². The van der Waals surface area contributed by atoms with Crippen LogP contribution < -0.4 is 22.9 Å². The van der Waals surface area contributed by atoms with Crippen LogP contribution in [0.3, 0.4) is 0 Å². The summed E-state index contributed by atoms with van der Waals surface area (Å²) < 4.78 is 52.6. The Labute approximate surface area is 309 Å². The van der Waals surface area contributed by atoms with Crippen LogP contribution in [0.1, 0.15) is 69.6 Å². The predicted molar refractivity (Wildman–Crippen MR) is 195 cm³/mol. The summed E-state index contributed by atoms with van der Waals surface area (Å²) in [7, 11) is -4.18. The first-order chi connectivity index (χ1) is 24.3. The van der Waals surface area contributed by atoms with Gasteiger partial charge in [-0.15, -0.1) is 0 Å². The first kappa shape index (κ1) is 38.4. The predicted octanol–water partition coefficient (Wildman–Crippen LogP) is 2.29. The monoisotopic (exact) mass is 791 g/mol. The molecule has 276 valence electrons. The molecular weight excluding hydrogens is 757 g/mol. The average Bonchev–Trinajstić information content (AvgIpc) is 3.99. The molecule has 2 aliphatic rings. The summed E-state index contributed by atoms with van der Waals surface area (Å²) in [6.07, 6.45) is 7.37. The summed E-state index contributed by atoms with van der Waals surface area (Å²) in [6.45, 7) is 0. The van der Waals surface area contributed by atoms with Crippen molar-refractivity contribution in [2.24, 2.45) is 32.9 Å². The molecule has 4 aromatic rings. The maximum atomic E-state index is 12.4. The van der Waals surface area contributed by atoms with E-state index in [0.29, 0.717) is 32.8 Å². The number of rotatable bonds is 9. The van der Waals surface area contributed by atoms with Crippen molar-refractivity contribution < 1.29 is 26.4 Å². The van der Waals surface area contributed by atoms with E-state index in [0.717, 1.165) is 36.2 Å². The van der Waals surface area contributed by atoms with Crippen molar-refractivity contribution in [2.45, 2.75) is 47.3 Å². The van der Waals surface area contributed by atoms with Gasteiger partial charge in [-0.25, -0.2) is 30.5 Å². The van der Waals surface area contributed by atoms with Gasteiger partial charge in [-0.2, -0.15) is 20.2 Å². The Morgan fingerprint density at radius 3 is 1.46 bits per heavy atom. The van der Waals surface area contributed by atoms with Crippen molar-refractivity contribution in [1.29, 1.82) is 0 Å². The number of carbonyl (C=O) groups excluding carboxylic acids is 2. The topological polar surface area (TPSA) is 270 Å². The number of halogens is 2. The van der Waals surface area contributed by atoms with E-state index < -0.39 is 31.7 Å². The number of sulfonamides is 1. The fraction of sp³-hybridized carbons (Fsp3) is 0.290. The number of hydrogen-bond donors (Lipinski definition) is 4. The summed E-state index contributed by atoms with van der Waals surface area (Å²) in [5.41, 5.74) is 23.7. The van der Waals surface area contributed by atoms with Crippen LogP contribution in [0.25, 0.3) is 11.4 Å². The second-order valence-corrected chi connectivity index (χ2v) is 17.2. The molecular formula is C31H35Cl2N11O6S2. The second kappa shape index (κ2) is 14.7. The Bertz CT molecular complexity index is 2350. The van der Waals surface area contributed by atoms with Crippen molar-refractivity contribution in [1.82, 2.24) is 23.9 Å². The number of benzene rings is 2. The maximum Gasteiger partial charge on any atom is 0.283 e. The number of sulfone groups is 1. The van der Waals surface area contributed by atoms with E-state index in [1.54, 1.807) is 0 Å². The van der Waals surface area contributed by atoms with E-state index in [9.17, 15) is 26.4 Å². The van der Waals surface area contributed by atoms with E-state index in [1.807, 2.05) is 0 Å². The molecule has 17 nitrogen and oxygen atoms in total. The molecule has 21 heteroatoms. The first-order valence-electron chi connectivity index (χ1n) is 15.5. The van der Waals surface area contributed by atoms with Crippen LogP contribution >= 0.6 is 23.2 Å². The second-order valence-electron chi connectivity index (χ2n) is 12.2. The Balaban J connectivity index is 0.000000202. The summed E-state index contributed by atoms with van der Waals surface area (Å²) >= 11 is 12.6. The largest absolute Gasteiger partial charge is 0.370 e. The number of carbonyl (C=O) groups is 2. The number of aliphatic imine (C=N–C) groups is 2. The molecule has 6 rings (SSSR count). The standard InChI is InChI=1S/C16H19ClN6O3S.C15H16ClN5O3S/c1-22(2)27(25,26)10-5-6-12(17)13(7-10)23-14(9-3-4-9)11(8-20-23)15(24)21-16(18)19;1-25(23,24)9-4-5-11(16)12(6-9)21-13(8-2-3-8)10(7-19-21)14(22)20-15(17)18/h5-9H,3-4H2,1-2H3,(H4,18,19,21,24);4-8H,2-3H2,1H3,(H4,17,18,20,22). The molecule has 2 aliphatic carbocycles. The zero-order valence-corrected chi connectivity index (χ0v) is 31.2. The summed E-state index contributed by atoms with van der Waals surface area (Å²) in [4.78, 5) is 31.9. The summed E-state index contributed by atoms with van der Waals surface area (Å²) in [5.74, 6) is -1.65. The molecule has 2 heterocycles. The van der Waals surface area contributed by atoms with Crippen LogP contribution in [0.4, 0.5) is 0 Å². The van der Waals surface area contributed by atoms with E-state index in [1.165, 1.54) is 72.3 Å². The third kappa shape index (κ3) is 8.28. The van der Waals surface area contributed by atoms with Gasteiger partial charge in [0, 0.05) is 32.2 Å². The Kier molecular flexibility index (Phi) is 10.8. The molecule has 2 aromatic carbocycles. The highest BCUT2D eigenvalue weighted by Crippen LogP contribution is 2.44. The molecule has 2 aromatic heterocycles. The van der Waals surface area contributed by atoms with Gasteiger partial charge >= 0.3 is 0 Å². The highest BCUT2D eigenvalue weighted by molar-refractivity contribution is 7.90. The highest BCUT2D eigenvalue weighted by atomic mass is 35.5. The van der Waals surface area contributed by atoms with Gasteiger partial charge in [0.2, 0.25) is 10.0 Å². The molecule has 8 N–H and O–H groups in total. The Hall–Kier alpha value is -4.82. The third-order valence-electron chi connectivity index (χ3n) is 7.96. The lowest BCUT2D eigenvalue weighted by atomic mass is 10.1. The van der Waals surface area contributed by atoms with Gasteiger partial charge < -0.3 is 22.9 Å². The lowest BCUT2D eigenvalue weighted by Crippen LogP contribution is -2.24. The van der Waals surface area contributed by atoms with E-state index in [4.69, 9.17) is 46.1 Å². The van der Waals surface area contributed by atoms with Gasteiger partial charge in [0.25, 0.3) is 11.8 Å². The van der Waals surface area contributed by atoms with Gasteiger partial charge in [-0.1, -0.05) is 23.2 Å². The molecule has 0 bridgehead atoms. The normalized spacial score (nSPS) is 14.3. The summed E-state index contributed by atoms with van der Waals surface area (Å²) in [6, 6.07) is 8.70. The van der Waals surface area contributed by atoms with Crippen molar-refractivity contribution in [3.63, 3.8) is 0 Å². The fourth-order valence-electron chi connectivity index (χ4n) is 5.19. The first-order valence-corrected chi connectivity index (χ1v) is 19.6. The van der Waals surface area contributed by atoms with Crippen LogP contribution in [0.5, 0.6) is 0 Å². The Morgan fingerprint density at radius 2 is 1.12 bits per heavy atom. The van der Waals surface area contributed by atoms with Gasteiger partial charge in [-0.3, -0.25) is 9.59 Å². The van der Waals surface area contributed by atoms with E-state index >= 15 is 0 Å². The van der Waals surface area contributed by atoms with Crippen LogP contribution in [-0.4, -0.2) is 84.8 Å². The minimum atomic E-state index is -3.66. The SMILES string of the molecule is CN(C)S(=O)(=O)c1ccc(Cl)c(-n2ncc(C(=O)N=C(N)N)c2C2CC2)c1.CS(=O)(=O)c1ccc(Cl)c(-n2ncc(C(=O)N=C(N)N)c2C2CC2)c1. The van der Waals surface area contributed by atoms with Gasteiger partial charge in [-0.05, 0) is 62.1 Å². The molecule has 0 spiro atoms. The molecule has 0 radical (unpaired) electrons. The number of guanidine groups is 2. The molecule has 2 saturated carbocycles. The molecule has 0 aliphatic heterocycles. The molecule has 0 atom stereocenters. The van der Waals surface area contributed by atoms with Gasteiger partial charge in [0.15, 0.2) is 21.8 Å². The molecule has 0 saturated heterocycles. The zero-order valence-electron chi connectivity index (χ0n) is 28.1.